The molecule has 0 saturated heterocycles. The SMILES string of the molecule is CCCCCCNC(=O)Cn1cnc2ccc(C)cc2c1=O. The van der Waals surface area contributed by atoms with Crippen molar-refractivity contribution in [2.45, 2.75) is 46.1 Å². The van der Waals surface area contributed by atoms with Crippen LogP contribution >= 0.6 is 0 Å². The molecule has 5 heteroatoms. The zero-order valence-corrected chi connectivity index (χ0v) is 13.3. The molecule has 1 aromatic carbocycles. The van der Waals surface area contributed by atoms with Crippen LogP contribution in [0.2, 0.25) is 0 Å². The molecule has 0 spiro atoms. The van der Waals surface area contributed by atoms with Crippen molar-refractivity contribution in [3.05, 3.63) is 40.4 Å². The normalized spacial score (nSPS) is 10.8. The number of unbranched alkanes of at least 4 members (excludes halogenated alkanes) is 3. The second-order valence-electron chi connectivity index (χ2n) is 5.61. The van der Waals surface area contributed by atoms with Crippen LogP contribution in [-0.2, 0) is 11.3 Å². The summed E-state index contributed by atoms with van der Waals surface area (Å²) in [5.74, 6) is -0.146. The lowest BCUT2D eigenvalue weighted by atomic mass is 10.2. The van der Waals surface area contributed by atoms with Gasteiger partial charge in [0.2, 0.25) is 5.91 Å². The lowest BCUT2D eigenvalue weighted by Gasteiger charge is -2.08. The van der Waals surface area contributed by atoms with Crippen molar-refractivity contribution in [3.8, 4) is 0 Å². The molecule has 118 valence electrons. The monoisotopic (exact) mass is 301 g/mol. The number of carbonyl (C=O) groups excluding carboxylic acids is 1. The molecule has 0 fully saturated rings. The average Bonchev–Trinajstić information content (AvgIpc) is 2.50. The fraction of sp³-hybridized carbons (Fsp3) is 0.471. The average molecular weight is 301 g/mol. The Labute approximate surface area is 130 Å². The van der Waals surface area contributed by atoms with Crippen molar-refractivity contribution >= 4 is 16.8 Å². The van der Waals surface area contributed by atoms with Gasteiger partial charge in [-0.15, -0.1) is 0 Å². The van der Waals surface area contributed by atoms with E-state index in [0.29, 0.717) is 17.4 Å². The third kappa shape index (κ3) is 4.16. The first-order chi connectivity index (χ1) is 10.6. The Balaban J connectivity index is 2.01. The minimum absolute atomic E-state index is 0.0174. The van der Waals surface area contributed by atoms with E-state index in [9.17, 15) is 9.59 Å². The quantitative estimate of drug-likeness (QED) is 0.799. The van der Waals surface area contributed by atoms with E-state index in [4.69, 9.17) is 0 Å². The lowest BCUT2D eigenvalue weighted by molar-refractivity contribution is -0.121. The molecule has 1 aromatic heterocycles. The Morgan fingerprint density at radius 3 is 2.86 bits per heavy atom. The summed E-state index contributed by atoms with van der Waals surface area (Å²) in [7, 11) is 0. The molecule has 0 aliphatic heterocycles. The van der Waals surface area contributed by atoms with E-state index < -0.39 is 0 Å². The predicted octanol–water partition coefficient (Wildman–Crippen LogP) is 2.40. The van der Waals surface area contributed by atoms with Crippen LogP contribution in [0.25, 0.3) is 10.9 Å². The van der Waals surface area contributed by atoms with E-state index in [0.717, 1.165) is 18.4 Å². The fourth-order valence-corrected chi connectivity index (χ4v) is 2.38. The highest BCUT2D eigenvalue weighted by Crippen LogP contribution is 2.08. The van der Waals surface area contributed by atoms with Gasteiger partial charge in [0.05, 0.1) is 17.2 Å². The van der Waals surface area contributed by atoms with E-state index in [-0.39, 0.29) is 18.0 Å². The van der Waals surface area contributed by atoms with Gasteiger partial charge < -0.3 is 5.32 Å². The number of hydrogen-bond acceptors (Lipinski definition) is 3. The summed E-state index contributed by atoms with van der Waals surface area (Å²) in [6.45, 7) is 4.76. The minimum Gasteiger partial charge on any atom is -0.355 e. The van der Waals surface area contributed by atoms with E-state index >= 15 is 0 Å². The molecule has 5 nitrogen and oxygen atoms in total. The smallest absolute Gasteiger partial charge is 0.261 e. The van der Waals surface area contributed by atoms with E-state index in [2.05, 4.69) is 17.2 Å². The maximum Gasteiger partial charge on any atom is 0.261 e. The summed E-state index contributed by atoms with van der Waals surface area (Å²) in [5, 5.41) is 3.40. The van der Waals surface area contributed by atoms with Gasteiger partial charge in [-0.2, -0.15) is 0 Å². The van der Waals surface area contributed by atoms with E-state index in [1.165, 1.54) is 23.7 Å². The van der Waals surface area contributed by atoms with Crippen LogP contribution in [0.15, 0.2) is 29.3 Å². The van der Waals surface area contributed by atoms with Crippen molar-refractivity contribution in [2.75, 3.05) is 6.54 Å². The fourth-order valence-electron chi connectivity index (χ4n) is 2.38. The highest BCUT2D eigenvalue weighted by atomic mass is 16.2. The number of amides is 1. The molecule has 1 heterocycles. The topological polar surface area (TPSA) is 64.0 Å². The van der Waals surface area contributed by atoms with Gasteiger partial charge in [0.25, 0.3) is 5.56 Å². The van der Waals surface area contributed by atoms with Gasteiger partial charge in [-0.1, -0.05) is 37.8 Å². The number of fused-ring (bicyclic) bond motifs is 1. The molecule has 2 rings (SSSR count). The van der Waals surface area contributed by atoms with Crippen molar-refractivity contribution in [1.29, 1.82) is 0 Å². The standard InChI is InChI=1S/C17H23N3O2/c1-3-4-5-6-9-18-16(21)11-20-12-19-15-8-7-13(2)10-14(15)17(20)22/h7-8,10,12H,3-6,9,11H2,1-2H3,(H,18,21). The van der Waals surface area contributed by atoms with Crippen molar-refractivity contribution in [3.63, 3.8) is 0 Å². The van der Waals surface area contributed by atoms with Crippen LogP contribution in [0.1, 0.15) is 38.2 Å². The van der Waals surface area contributed by atoms with Crippen LogP contribution in [0, 0.1) is 6.92 Å². The van der Waals surface area contributed by atoms with Gasteiger partial charge in [0.1, 0.15) is 6.54 Å². The van der Waals surface area contributed by atoms with E-state index in [1.807, 2.05) is 25.1 Å². The predicted molar refractivity (Wildman–Crippen MR) is 87.9 cm³/mol. The largest absolute Gasteiger partial charge is 0.355 e. The van der Waals surface area contributed by atoms with Gasteiger partial charge in [-0.3, -0.25) is 14.2 Å². The molecule has 0 radical (unpaired) electrons. The van der Waals surface area contributed by atoms with Crippen molar-refractivity contribution in [1.82, 2.24) is 14.9 Å². The summed E-state index contributed by atoms with van der Waals surface area (Å²) in [6.07, 6.45) is 5.89. The molecule has 1 N–H and O–H groups in total. The minimum atomic E-state index is -0.171. The molecule has 0 bridgehead atoms. The number of aromatic nitrogens is 2. The highest BCUT2D eigenvalue weighted by Gasteiger charge is 2.08. The lowest BCUT2D eigenvalue weighted by Crippen LogP contribution is -2.33. The zero-order valence-electron chi connectivity index (χ0n) is 13.3. The number of nitrogens with zero attached hydrogens (tertiary/aromatic N) is 2. The number of hydrogen-bond donors (Lipinski definition) is 1. The summed E-state index contributed by atoms with van der Waals surface area (Å²) < 4.78 is 1.36. The van der Waals surface area contributed by atoms with Crippen molar-refractivity contribution < 1.29 is 4.79 Å². The maximum absolute atomic E-state index is 12.4. The molecule has 2 aromatic rings. The summed E-state index contributed by atoms with van der Waals surface area (Å²) >= 11 is 0. The Bertz CT molecular complexity index is 707. The molecule has 0 atom stereocenters. The second kappa shape index (κ2) is 7.73. The molecule has 1 amide bonds. The molecule has 22 heavy (non-hydrogen) atoms. The summed E-state index contributed by atoms with van der Waals surface area (Å²) in [6, 6.07) is 5.55. The molecule has 0 unspecified atom stereocenters. The molecule has 0 aliphatic rings. The van der Waals surface area contributed by atoms with E-state index in [1.54, 1.807) is 0 Å². The van der Waals surface area contributed by atoms with Crippen LogP contribution in [0.3, 0.4) is 0 Å². The summed E-state index contributed by atoms with van der Waals surface area (Å²) in [4.78, 5) is 28.5. The second-order valence-corrected chi connectivity index (χ2v) is 5.61. The summed E-state index contributed by atoms with van der Waals surface area (Å²) in [5.41, 5.74) is 1.49. The van der Waals surface area contributed by atoms with Crippen LogP contribution in [0.4, 0.5) is 0 Å². The number of benzene rings is 1. The Morgan fingerprint density at radius 1 is 1.27 bits per heavy atom. The van der Waals surface area contributed by atoms with Crippen molar-refractivity contribution in [2.24, 2.45) is 0 Å². The number of carbonyl (C=O) groups is 1. The van der Waals surface area contributed by atoms with Gasteiger partial charge in [-0.25, -0.2) is 4.98 Å². The number of nitrogens with one attached hydrogen (secondary N) is 1. The number of rotatable bonds is 7. The molecule has 0 aliphatic carbocycles. The van der Waals surface area contributed by atoms with Crippen LogP contribution in [0.5, 0.6) is 0 Å². The van der Waals surface area contributed by atoms with Crippen LogP contribution < -0.4 is 10.9 Å². The molecular weight excluding hydrogens is 278 g/mol. The highest BCUT2D eigenvalue weighted by molar-refractivity contribution is 5.79. The first kappa shape index (κ1) is 16.2. The third-order valence-electron chi connectivity index (χ3n) is 3.65. The zero-order chi connectivity index (χ0) is 15.9. The number of aryl methyl sites for hydroxylation is 1. The van der Waals surface area contributed by atoms with Gasteiger partial charge in [-0.05, 0) is 25.5 Å². The Morgan fingerprint density at radius 2 is 2.09 bits per heavy atom. The van der Waals surface area contributed by atoms with Gasteiger partial charge in [0.15, 0.2) is 0 Å². The Hall–Kier alpha value is -2.17. The molecule has 0 saturated carbocycles. The first-order valence-corrected chi connectivity index (χ1v) is 7.84. The van der Waals surface area contributed by atoms with Gasteiger partial charge >= 0.3 is 0 Å². The van der Waals surface area contributed by atoms with Crippen LogP contribution in [-0.4, -0.2) is 22.0 Å². The first-order valence-electron chi connectivity index (χ1n) is 7.84. The Kier molecular flexibility index (Phi) is 5.69. The third-order valence-corrected chi connectivity index (χ3v) is 3.65. The maximum atomic E-state index is 12.4. The van der Waals surface area contributed by atoms with Gasteiger partial charge in [0, 0.05) is 6.54 Å². The molecular formula is C17H23N3O2.